The first kappa shape index (κ1) is 14.3. The number of amidine groups is 1. The minimum atomic E-state index is -3.58. The third-order valence-corrected chi connectivity index (χ3v) is 3.20. The van der Waals surface area contributed by atoms with Crippen LogP contribution in [0.1, 0.15) is 12.5 Å². The van der Waals surface area contributed by atoms with Gasteiger partial charge in [0.1, 0.15) is 5.82 Å². The second-order valence-electron chi connectivity index (χ2n) is 3.26. The Kier molecular flexibility index (Phi) is 4.92. The van der Waals surface area contributed by atoms with E-state index in [1.165, 1.54) is 6.20 Å². The topological polar surface area (TPSA) is 143 Å². The number of oxime groups is 1. The van der Waals surface area contributed by atoms with Crippen molar-refractivity contribution in [2.75, 3.05) is 23.7 Å². The number of sulfonamides is 1. The van der Waals surface area contributed by atoms with E-state index >= 15 is 0 Å². The van der Waals surface area contributed by atoms with Gasteiger partial charge < -0.3 is 15.7 Å². The molecular formula is C8H15N5O4S. The molecule has 10 heteroatoms. The van der Waals surface area contributed by atoms with Crippen LogP contribution in [0.25, 0.3) is 0 Å². The summed E-state index contributed by atoms with van der Waals surface area (Å²) in [5.41, 5.74) is 5.52. The van der Waals surface area contributed by atoms with E-state index in [4.69, 9.17) is 15.7 Å². The Morgan fingerprint density at radius 3 is 3.06 bits per heavy atom. The van der Waals surface area contributed by atoms with Crippen molar-refractivity contribution in [3.05, 3.63) is 11.8 Å². The first-order valence-corrected chi connectivity index (χ1v) is 6.75. The summed E-state index contributed by atoms with van der Waals surface area (Å²) in [6.07, 6.45) is 1.25. The standard InChI is InChI=1S/C8H15N5O4S/c1-2-17-3-4-18(15,16)13-8-6(5-10-11-8)7(9)12-14/h5,14H,2-4H2,1H3,(H2,9,12)(H2,10,11,13). The van der Waals surface area contributed by atoms with Gasteiger partial charge in [0.2, 0.25) is 10.0 Å². The maximum atomic E-state index is 11.7. The third-order valence-electron chi connectivity index (χ3n) is 1.98. The lowest BCUT2D eigenvalue weighted by Crippen LogP contribution is -2.23. The van der Waals surface area contributed by atoms with Gasteiger partial charge in [0, 0.05) is 6.61 Å². The highest BCUT2D eigenvalue weighted by Gasteiger charge is 2.16. The zero-order chi connectivity index (χ0) is 13.6. The molecular weight excluding hydrogens is 262 g/mol. The predicted molar refractivity (Wildman–Crippen MR) is 65.0 cm³/mol. The summed E-state index contributed by atoms with van der Waals surface area (Å²) >= 11 is 0. The summed E-state index contributed by atoms with van der Waals surface area (Å²) in [6, 6.07) is 0. The van der Waals surface area contributed by atoms with E-state index in [-0.39, 0.29) is 29.6 Å². The van der Waals surface area contributed by atoms with Gasteiger partial charge in [-0.25, -0.2) is 8.42 Å². The first-order chi connectivity index (χ1) is 8.50. The lowest BCUT2D eigenvalue weighted by Gasteiger charge is -2.07. The zero-order valence-corrected chi connectivity index (χ0v) is 10.6. The van der Waals surface area contributed by atoms with Crippen LogP contribution in [0.15, 0.2) is 11.4 Å². The molecule has 18 heavy (non-hydrogen) atoms. The van der Waals surface area contributed by atoms with E-state index in [0.29, 0.717) is 6.61 Å². The molecule has 0 saturated carbocycles. The molecule has 0 aromatic carbocycles. The Hall–Kier alpha value is -1.81. The van der Waals surface area contributed by atoms with Crippen LogP contribution in [0.2, 0.25) is 0 Å². The van der Waals surface area contributed by atoms with Gasteiger partial charge in [0.05, 0.1) is 24.1 Å². The number of rotatable bonds is 7. The van der Waals surface area contributed by atoms with Crippen LogP contribution in [0.3, 0.4) is 0 Å². The monoisotopic (exact) mass is 277 g/mol. The molecule has 0 aliphatic rings. The number of H-pyrrole nitrogens is 1. The molecule has 5 N–H and O–H groups in total. The zero-order valence-electron chi connectivity index (χ0n) is 9.75. The SMILES string of the molecule is CCOCCS(=O)(=O)Nc1[nH]ncc1C(N)=NO. The summed E-state index contributed by atoms with van der Waals surface area (Å²) in [6.45, 7) is 2.29. The van der Waals surface area contributed by atoms with Crippen molar-refractivity contribution >= 4 is 21.7 Å². The van der Waals surface area contributed by atoms with Crippen LogP contribution in [0, 0.1) is 0 Å². The highest BCUT2D eigenvalue weighted by Crippen LogP contribution is 2.12. The number of nitrogens with zero attached hydrogens (tertiary/aromatic N) is 2. The van der Waals surface area contributed by atoms with Crippen molar-refractivity contribution in [3.63, 3.8) is 0 Å². The van der Waals surface area contributed by atoms with Crippen molar-refractivity contribution in [2.45, 2.75) is 6.92 Å². The minimum Gasteiger partial charge on any atom is -0.409 e. The van der Waals surface area contributed by atoms with Crippen molar-refractivity contribution in [1.82, 2.24) is 10.2 Å². The Morgan fingerprint density at radius 1 is 1.72 bits per heavy atom. The summed E-state index contributed by atoms with van der Waals surface area (Å²) < 4.78 is 30.5. The molecule has 0 fully saturated rings. The Morgan fingerprint density at radius 2 is 2.44 bits per heavy atom. The van der Waals surface area contributed by atoms with Gasteiger partial charge >= 0.3 is 0 Å². The maximum Gasteiger partial charge on any atom is 0.236 e. The van der Waals surface area contributed by atoms with E-state index < -0.39 is 10.0 Å². The molecule has 0 aliphatic heterocycles. The molecule has 1 heterocycles. The van der Waals surface area contributed by atoms with E-state index in [2.05, 4.69) is 20.1 Å². The molecule has 0 amide bonds. The number of hydrogen-bond acceptors (Lipinski definition) is 6. The Bertz CT molecular complexity index is 509. The fraction of sp³-hybridized carbons (Fsp3) is 0.500. The van der Waals surface area contributed by atoms with Gasteiger partial charge in [-0.2, -0.15) is 5.10 Å². The molecule has 0 radical (unpaired) electrons. The molecule has 9 nitrogen and oxygen atoms in total. The highest BCUT2D eigenvalue weighted by molar-refractivity contribution is 7.92. The molecule has 1 aromatic heterocycles. The summed E-state index contributed by atoms with van der Waals surface area (Å²) in [7, 11) is -3.58. The van der Waals surface area contributed by atoms with Crippen molar-refractivity contribution in [2.24, 2.45) is 10.9 Å². The van der Waals surface area contributed by atoms with Crippen molar-refractivity contribution in [1.29, 1.82) is 0 Å². The number of aromatic amines is 1. The van der Waals surface area contributed by atoms with Gasteiger partial charge in [-0.05, 0) is 6.92 Å². The van der Waals surface area contributed by atoms with Gasteiger partial charge in [-0.3, -0.25) is 9.82 Å². The quantitative estimate of drug-likeness (QED) is 0.170. The number of ether oxygens (including phenoxy) is 1. The van der Waals surface area contributed by atoms with E-state index in [0.717, 1.165) is 0 Å². The lowest BCUT2D eigenvalue weighted by atomic mass is 10.3. The van der Waals surface area contributed by atoms with Crippen molar-refractivity contribution < 1.29 is 18.4 Å². The fourth-order valence-corrected chi connectivity index (χ4v) is 2.04. The summed E-state index contributed by atoms with van der Waals surface area (Å²) in [5, 5.41) is 17.3. The number of aromatic nitrogens is 2. The van der Waals surface area contributed by atoms with Gasteiger partial charge in [-0.15, -0.1) is 0 Å². The smallest absolute Gasteiger partial charge is 0.236 e. The third kappa shape index (κ3) is 3.89. The van der Waals surface area contributed by atoms with E-state index in [1.807, 2.05) is 0 Å². The van der Waals surface area contributed by atoms with Crippen LogP contribution in [0.5, 0.6) is 0 Å². The van der Waals surface area contributed by atoms with E-state index in [1.54, 1.807) is 6.92 Å². The molecule has 0 unspecified atom stereocenters. The number of anilines is 1. The minimum absolute atomic E-state index is 0.0433. The van der Waals surface area contributed by atoms with Crippen molar-refractivity contribution in [3.8, 4) is 0 Å². The number of nitrogens with two attached hydrogens (primary N) is 1. The molecule has 1 rings (SSSR count). The Balaban J connectivity index is 2.76. The van der Waals surface area contributed by atoms with E-state index in [9.17, 15) is 8.42 Å². The highest BCUT2D eigenvalue weighted by atomic mass is 32.2. The lowest BCUT2D eigenvalue weighted by molar-refractivity contribution is 0.163. The predicted octanol–water partition coefficient (Wildman–Crippen LogP) is -0.718. The van der Waals surface area contributed by atoms with Gasteiger partial charge in [0.15, 0.2) is 5.84 Å². The van der Waals surface area contributed by atoms with Gasteiger partial charge in [0.25, 0.3) is 0 Å². The molecule has 0 bridgehead atoms. The first-order valence-electron chi connectivity index (χ1n) is 5.09. The second-order valence-corrected chi connectivity index (χ2v) is 5.10. The summed E-state index contributed by atoms with van der Waals surface area (Å²) in [5.74, 6) is -0.400. The Labute approximate surface area is 104 Å². The van der Waals surface area contributed by atoms with Crippen LogP contribution in [-0.2, 0) is 14.8 Å². The van der Waals surface area contributed by atoms with Crippen LogP contribution in [0.4, 0.5) is 5.82 Å². The van der Waals surface area contributed by atoms with Crippen LogP contribution >= 0.6 is 0 Å². The maximum absolute atomic E-state index is 11.7. The number of hydrogen-bond donors (Lipinski definition) is 4. The average molecular weight is 277 g/mol. The van der Waals surface area contributed by atoms with Crippen LogP contribution < -0.4 is 10.5 Å². The largest absolute Gasteiger partial charge is 0.409 e. The molecule has 0 aliphatic carbocycles. The summed E-state index contributed by atoms with van der Waals surface area (Å²) in [4.78, 5) is 0. The molecule has 0 saturated heterocycles. The molecule has 0 spiro atoms. The fourth-order valence-electron chi connectivity index (χ4n) is 1.13. The van der Waals surface area contributed by atoms with Crippen LogP contribution in [-0.4, -0.2) is 48.6 Å². The molecule has 1 aromatic rings. The molecule has 0 atom stereocenters. The van der Waals surface area contributed by atoms with Gasteiger partial charge in [-0.1, -0.05) is 5.16 Å². The number of nitrogens with one attached hydrogen (secondary N) is 2. The normalized spacial score (nSPS) is 12.6. The molecule has 102 valence electrons. The second kappa shape index (κ2) is 6.21. The average Bonchev–Trinajstić information content (AvgIpc) is 2.75.